The van der Waals surface area contributed by atoms with Crippen LogP contribution >= 0.6 is 0 Å². The van der Waals surface area contributed by atoms with E-state index in [1.165, 1.54) is 12.8 Å². The highest BCUT2D eigenvalue weighted by Crippen LogP contribution is 2.68. The number of carbonyl (C=O) groups is 2. The molecule has 7 aliphatic rings. The van der Waals surface area contributed by atoms with E-state index in [4.69, 9.17) is 4.74 Å². The van der Waals surface area contributed by atoms with Crippen molar-refractivity contribution in [3.8, 4) is 0 Å². The summed E-state index contributed by atoms with van der Waals surface area (Å²) in [6.45, 7) is 6.77. The topological polar surface area (TPSA) is 103 Å². The number of rotatable bonds is 7. The van der Waals surface area contributed by atoms with E-state index >= 15 is 0 Å². The lowest BCUT2D eigenvalue weighted by Crippen LogP contribution is -2.79. The molecule has 2 bridgehead atoms. The molecule has 3 aliphatic heterocycles. The molecule has 0 aromatic carbocycles. The maximum absolute atomic E-state index is 13.3. The molecule has 0 spiro atoms. The molecule has 36 heavy (non-hydrogen) atoms. The number of hydrogen-bond donors (Lipinski definition) is 2. The number of piperidine rings is 1. The Labute approximate surface area is 212 Å². The standard InChI is InChI=1S/C26H37N7O3/c34-23(18-2-1-5-33(11-18)22-10-21(27-17-28-22)29-19-3-4-19)30-26-14-25(15-26,16-26)24(35)32-8-6-31(7-9-32)20-12-36-13-20/h10,17-20H,1-9,11-16H2,(H,30,34)(H,27,28,29). The van der Waals surface area contributed by atoms with Gasteiger partial charge in [0.25, 0.3) is 0 Å². The van der Waals surface area contributed by atoms with Crippen LogP contribution in [-0.4, -0.2) is 102 Å². The Balaban J connectivity index is 0.902. The Bertz CT molecular complexity index is 1010. The van der Waals surface area contributed by atoms with E-state index in [0.29, 0.717) is 24.5 Å². The maximum atomic E-state index is 13.3. The molecule has 4 saturated carbocycles. The number of piperazine rings is 1. The minimum atomic E-state index is -0.223. The lowest BCUT2D eigenvalue weighted by atomic mass is 9.38. The second kappa shape index (κ2) is 8.55. The fraction of sp³-hybridized carbons (Fsp3) is 0.769. The normalized spacial score (nSPS) is 34.3. The number of nitrogens with zero attached hydrogens (tertiary/aromatic N) is 5. The molecule has 2 N–H and O–H groups in total. The molecule has 7 fully saturated rings. The number of hydrogen-bond acceptors (Lipinski definition) is 8. The highest BCUT2D eigenvalue weighted by atomic mass is 16.5. The van der Waals surface area contributed by atoms with Crippen LogP contribution in [0, 0.1) is 11.3 Å². The summed E-state index contributed by atoms with van der Waals surface area (Å²) in [5.41, 5.74) is -0.379. The molecule has 1 unspecified atom stereocenters. The van der Waals surface area contributed by atoms with Gasteiger partial charge in [0.15, 0.2) is 0 Å². The molecule has 8 rings (SSSR count). The number of ether oxygens (including phenoxy) is 1. The van der Waals surface area contributed by atoms with Gasteiger partial charge in [-0.3, -0.25) is 14.5 Å². The number of nitrogens with one attached hydrogen (secondary N) is 2. The van der Waals surface area contributed by atoms with E-state index in [0.717, 1.165) is 89.7 Å². The highest BCUT2D eigenvalue weighted by molar-refractivity contribution is 5.89. The number of amides is 2. The molecule has 2 amide bonds. The fourth-order valence-corrected chi connectivity index (χ4v) is 7.01. The van der Waals surface area contributed by atoms with E-state index in [9.17, 15) is 9.59 Å². The van der Waals surface area contributed by atoms with Gasteiger partial charge in [-0.05, 0) is 44.9 Å². The van der Waals surface area contributed by atoms with Crippen molar-refractivity contribution in [2.75, 3.05) is 62.7 Å². The molecule has 194 valence electrons. The molecule has 1 atom stereocenters. The minimum absolute atomic E-state index is 0.0437. The van der Waals surface area contributed by atoms with Gasteiger partial charge < -0.3 is 25.2 Å². The van der Waals surface area contributed by atoms with E-state index < -0.39 is 0 Å². The third-order valence-electron chi connectivity index (χ3n) is 9.31. The van der Waals surface area contributed by atoms with Crippen LogP contribution < -0.4 is 15.5 Å². The maximum Gasteiger partial charge on any atom is 0.229 e. The average molecular weight is 496 g/mol. The number of carbonyl (C=O) groups excluding carboxylic acids is 2. The summed E-state index contributed by atoms with van der Waals surface area (Å²) in [7, 11) is 0. The zero-order chi connectivity index (χ0) is 24.3. The summed E-state index contributed by atoms with van der Waals surface area (Å²) in [5, 5.41) is 6.80. The van der Waals surface area contributed by atoms with E-state index in [1.54, 1.807) is 6.33 Å². The van der Waals surface area contributed by atoms with Gasteiger partial charge in [-0.2, -0.15) is 0 Å². The second-order valence-electron chi connectivity index (χ2n) is 12.1. The van der Waals surface area contributed by atoms with Gasteiger partial charge in [-0.1, -0.05) is 0 Å². The smallest absolute Gasteiger partial charge is 0.229 e. The highest BCUT2D eigenvalue weighted by Gasteiger charge is 2.72. The first-order chi connectivity index (χ1) is 17.5. The van der Waals surface area contributed by atoms with Crippen LogP contribution in [0.4, 0.5) is 11.6 Å². The Morgan fingerprint density at radius 2 is 1.78 bits per heavy atom. The lowest BCUT2D eigenvalue weighted by Gasteiger charge is -2.70. The summed E-state index contributed by atoms with van der Waals surface area (Å²) >= 11 is 0. The molecule has 1 aromatic rings. The van der Waals surface area contributed by atoms with E-state index in [-0.39, 0.29) is 22.8 Å². The molecular formula is C26H37N7O3. The van der Waals surface area contributed by atoms with Crippen molar-refractivity contribution in [3.05, 3.63) is 12.4 Å². The van der Waals surface area contributed by atoms with Crippen LogP contribution in [0.1, 0.15) is 44.9 Å². The van der Waals surface area contributed by atoms with Gasteiger partial charge in [0.05, 0.1) is 30.6 Å². The van der Waals surface area contributed by atoms with Gasteiger partial charge in [-0.25, -0.2) is 9.97 Å². The summed E-state index contributed by atoms with van der Waals surface area (Å²) in [6.07, 6.45) is 8.31. The van der Waals surface area contributed by atoms with Crippen molar-refractivity contribution >= 4 is 23.5 Å². The quantitative estimate of drug-likeness (QED) is 0.574. The first-order valence-corrected chi connectivity index (χ1v) is 13.8. The van der Waals surface area contributed by atoms with Crippen molar-refractivity contribution in [1.82, 2.24) is 25.1 Å². The monoisotopic (exact) mass is 495 g/mol. The van der Waals surface area contributed by atoms with Crippen molar-refractivity contribution in [2.45, 2.75) is 62.6 Å². The molecule has 10 nitrogen and oxygen atoms in total. The first-order valence-electron chi connectivity index (χ1n) is 13.8. The Kier molecular flexibility index (Phi) is 5.39. The van der Waals surface area contributed by atoms with Crippen LogP contribution in [0.3, 0.4) is 0 Å². The Morgan fingerprint density at radius 3 is 2.47 bits per heavy atom. The van der Waals surface area contributed by atoms with Crippen LogP contribution in [0.2, 0.25) is 0 Å². The summed E-state index contributed by atoms with van der Waals surface area (Å²) < 4.78 is 5.32. The van der Waals surface area contributed by atoms with Crippen molar-refractivity contribution in [2.24, 2.45) is 11.3 Å². The first kappa shape index (κ1) is 22.7. The van der Waals surface area contributed by atoms with Crippen LogP contribution in [0.25, 0.3) is 0 Å². The molecule has 10 heteroatoms. The van der Waals surface area contributed by atoms with Crippen molar-refractivity contribution in [3.63, 3.8) is 0 Å². The zero-order valence-corrected chi connectivity index (χ0v) is 21.0. The molecule has 0 radical (unpaired) electrons. The largest absolute Gasteiger partial charge is 0.378 e. The third kappa shape index (κ3) is 4.02. The molecule has 3 saturated heterocycles. The molecule has 4 aliphatic carbocycles. The van der Waals surface area contributed by atoms with Crippen LogP contribution in [-0.2, 0) is 14.3 Å². The fourth-order valence-electron chi connectivity index (χ4n) is 7.01. The van der Waals surface area contributed by atoms with Gasteiger partial charge >= 0.3 is 0 Å². The number of aromatic nitrogens is 2. The summed E-state index contributed by atoms with van der Waals surface area (Å²) in [6, 6.07) is 3.10. The van der Waals surface area contributed by atoms with Gasteiger partial charge in [0.1, 0.15) is 18.0 Å². The Hall–Kier alpha value is -2.46. The van der Waals surface area contributed by atoms with Crippen molar-refractivity contribution in [1.29, 1.82) is 0 Å². The van der Waals surface area contributed by atoms with Crippen LogP contribution in [0.15, 0.2) is 12.4 Å². The lowest BCUT2D eigenvalue weighted by molar-refractivity contribution is -0.196. The minimum Gasteiger partial charge on any atom is -0.378 e. The summed E-state index contributed by atoms with van der Waals surface area (Å²) in [5.74, 6) is 2.17. The third-order valence-corrected chi connectivity index (χ3v) is 9.31. The van der Waals surface area contributed by atoms with Gasteiger partial charge in [0.2, 0.25) is 11.8 Å². The predicted molar refractivity (Wildman–Crippen MR) is 134 cm³/mol. The second-order valence-corrected chi connectivity index (χ2v) is 12.1. The zero-order valence-electron chi connectivity index (χ0n) is 21.0. The molecule has 1 aromatic heterocycles. The van der Waals surface area contributed by atoms with E-state index in [1.807, 2.05) is 6.07 Å². The van der Waals surface area contributed by atoms with Crippen molar-refractivity contribution < 1.29 is 14.3 Å². The Morgan fingerprint density at radius 1 is 1.00 bits per heavy atom. The number of anilines is 2. The average Bonchev–Trinajstić information content (AvgIpc) is 3.63. The SMILES string of the molecule is O=C(NC12CC(C(=O)N3CCN(C4COC4)CC3)(C1)C2)C1CCCN(c2cc(NC3CC3)ncn2)C1. The summed E-state index contributed by atoms with van der Waals surface area (Å²) in [4.78, 5) is 42.1. The molecule has 4 heterocycles. The van der Waals surface area contributed by atoms with Gasteiger partial charge in [0, 0.05) is 56.9 Å². The predicted octanol–water partition coefficient (Wildman–Crippen LogP) is 0.849. The van der Waals surface area contributed by atoms with Crippen LogP contribution in [0.5, 0.6) is 0 Å². The molecular weight excluding hydrogens is 458 g/mol. The van der Waals surface area contributed by atoms with E-state index in [2.05, 4.69) is 35.3 Å². The van der Waals surface area contributed by atoms with Gasteiger partial charge in [-0.15, -0.1) is 0 Å².